The number of benzene rings is 1. The minimum Gasteiger partial charge on any atom is -0.507 e. The third kappa shape index (κ3) is 4.05. The minimum atomic E-state index is -4.64. The average Bonchev–Trinajstić information content (AvgIpc) is 2.24. The Hall–Kier alpha value is -1.37. The van der Waals surface area contributed by atoms with Gasteiger partial charge in [0.15, 0.2) is 0 Å². The Morgan fingerprint density at radius 2 is 1.84 bits per heavy atom. The van der Waals surface area contributed by atoms with Crippen molar-refractivity contribution < 1.29 is 22.5 Å². The Kier molecular flexibility index (Phi) is 4.39. The zero-order valence-electron chi connectivity index (χ0n) is 10.7. The van der Waals surface area contributed by atoms with Crippen molar-refractivity contribution >= 4 is 17.2 Å². The van der Waals surface area contributed by atoms with Gasteiger partial charge in [-0.3, -0.25) is 0 Å². The molecule has 0 spiro atoms. The molecule has 19 heavy (non-hydrogen) atoms. The molecule has 3 nitrogen and oxygen atoms in total. The molecule has 0 heterocycles. The molecule has 1 atom stereocenters. The quantitative estimate of drug-likeness (QED) is 0.851. The van der Waals surface area contributed by atoms with Gasteiger partial charge in [-0.2, -0.15) is 17.6 Å². The van der Waals surface area contributed by atoms with Crippen LogP contribution in [0.15, 0.2) is 22.6 Å². The van der Waals surface area contributed by atoms with E-state index in [0.29, 0.717) is 0 Å². The number of rotatable bonds is 2. The molecule has 0 bridgehead atoms. The van der Waals surface area contributed by atoms with E-state index in [0.717, 1.165) is 18.3 Å². The van der Waals surface area contributed by atoms with Crippen molar-refractivity contribution in [2.24, 2.45) is 4.40 Å². The van der Waals surface area contributed by atoms with Crippen molar-refractivity contribution in [2.75, 3.05) is 0 Å². The predicted octanol–water partition coefficient (Wildman–Crippen LogP) is 3.29. The normalized spacial score (nSPS) is 14.8. The fourth-order valence-corrected chi connectivity index (χ4v) is 1.68. The van der Waals surface area contributed by atoms with E-state index in [1.807, 2.05) is 0 Å². The first-order valence-corrected chi connectivity index (χ1v) is 6.49. The smallest absolute Gasteiger partial charge is 0.419 e. The van der Waals surface area contributed by atoms with Crippen LogP contribution in [-0.2, 0) is 17.2 Å². The van der Waals surface area contributed by atoms with Crippen LogP contribution < -0.4 is 0 Å². The maximum Gasteiger partial charge on any atom is 0.419 e. The number of phenols is 1. The highest BCUT2D eigenvalue weighted by Crippen LogP contribution is 2.36. The van der Waals surface area contributed by atoms with Gasteiger partial charge in [0.1, 0.15) is 16.7 Å². The summed E-state index contributed by atoms with van der Waals surface area (Å²) in [5.74, 6) is -0.912. The Balaban J connectivity index is 3.11. The van der Waals surface area contributed by atoms with E-state index in [2.05, 4.69) is 4.40 Å². The molecule has 1 aromatic rings. The second kappa shape index (κ2) is 5.32. The van der Waals surface area contributed by atoms with Crippen LogP contribution in [-0.4, -0.2) is 20.3 Å². The van der Waals surface area contributed by atoms with Gasteiger partial charge in [-0.25, -0.2) is 4.21 Å². The van der Waals surface area contributed by atoms with Crippen molar-refractivity contribution in [3.63, 3.8) is 0 Å². The first kappa shape index (κ1) is 15.7. The lowest BCUT2D eigenvalue weighted by molar-refractivity contribution is -0.138. The highest BCUT2D eigenvalue weighted by Gasteiger charge is 2.34. The summed E-state index contributed by atoms with van der Waals surface area (Å²) in [4.78, 5) is 0. The monoisotopic (exact) mass is 293 g/mol. The van der Waals surface area contributed by atoms with Crippen molar-refractivity contribution in [3.8, 4) is 5.75 Å². The summed E-state index contributed by atoms with van der Waals surface area (Å²) in [6, 6.07) is 3.20. The van der Waals surface area contributed by atoms with E-state index in [9.17, 15) is 22.5 Å². The molecule has 7 heteroatoms. The molecule has 1 rings (SSSR count). The maximum absolute atomic E-state index is 12.6. The standard InChI is InChI=1S/C12H14F3NO2S/c1-11(2,3)19(18)16-7-8-5-4-6-9(10(8)17)12(13,14)15/h4-7,17H,1-3H3/b16-7+. The van der Waals surface area contributed by atoms with Gasteiger partial charge in [0.25, 0.3) is 0 Å². The lowest BCUT2D eigenvalue weighted by atomic mass is 10.1. The lowest BCUT2D eigenvalue weighted by Crippen LogP contribution is -2.19. The fourth-order valence-electron chi connectivity index (χ4n) is 1.16. The van der Waals surface area contributed by atoms with Crippen LogP contribution in [0.2, 0.25) is 0 Å². The SMILES string of the molecule is CC(C)(C)S(=O)/N=C/c1cccc(C(F)(F)F)c1O. The number of hydrogen-bond acceptors (Lipinski definition) is 2. The molecular formula is C12H14F3NO2S. The van der Waals surface area contributed by atoms with Crippen LogP contribution in [0.1, 0.15) is 31.9 Å². The van der Waals surface area contributed by atoms with Gasteiger partial charge in [-0.1, -0.05) is 6.07 Å². The number of nitrogens with zero attached hydrogens (tertiary/aromatic N) is 1. The number of phenolic OH excluding ortho intramolecular Hbond substituents is 1. The Morgan fingerprint density at radius 1 is 1.26 bits per heavy atom. The van der Waals surface area contributed by atoms with Crippen molar-refractivity contribution in [1.82, 2.24) is 0 Å². The van der Waals surface area contributed by atoms with E-state index >= 15 is 0 Å². The molecule has 0 aliphatic heterocycles. The number of para-hydroxylation sites is 1. The van der Waals surface area contributed by atoms with Crippen LogP contribution in [0.4, 0.5) is 13.2 Å². The fraction of sp³-hybridized carbons (Fsp3) is 0.417. The van der Waals surface area contributed by atoms with E-state index in [-0.39, 0.29) is 5.56 Å². The second-order valence-electron chi connectivity index (χ2n) is 4.84. The molecule has 0 radical (unpaired) electrons. The van der Waals surface area contributed by atoms with Gasteiger partial charge in [0.05, 0.1) is 10.3 Å². The molecule has 0 saturated heterocycles. The summed E-state index contributed by atoms with van der Waals surface area (Å²) < 4.78 is 52.3. The molecule has 0 saturated carbocycles. The summed E-state index contributed by atoms with van der Waals surface area (Å²) in [5, 5.41) is 9.53. The summed E-state index contributed by atoms with van der Waals surface area (Å²) in [6.45, 7) is 5.06. The van der Waals surface area contributed by atoms with Crippen LogP contribution in [0.5, 0.6) is 5.75 Å². The van der Waals surface area contributed by atoms with Crippen LogP contribution in [0.3, 0.4) is 0 Å². The second-order valence-corrected chi connectivity index (χ2v) is 6.77. The highest BCUT2D eigenvalue weighted by molar-refractivity contribution is 7.85. The molecule has 0 fully saturated rings. The van der Waals surface area contributed by atoms with E-state index in [1.54, 1.807) is 20.8 Å². The maximum atomic E-state index is 12.6. The average molecular weight is 293 g/mol. The number of aromatic hydroxyl groups is 1. The van der Waals surface area contributed by atoms with Gasteiger partial charge < -0.3 is 5.11 Å². The highest BCUT2D eigenvalue weighted by atomic mass is 32.2. The van der Waals surface area contributed by atoms with Gasteiger partial charge in [-0.05, 0) is 32.9 Å². The number of alkyl halides is 3. The minimum absolute atomic E-state index is 0.118. The number of hydrogen-bond donors (Lipinski definition) is 1. The Labute approximate surface area is 111 Å². The summed E-state index contributed by atoms with van der Waals surface area (Å²) >= 11 is 0. The summed E-state index contributed by atoms with van der Waals surface area (Å²) in [5.41, 5.74) is -1.26. The molecule has 1 N–H and O–H groups in total. The van der Waals surface area contributed by atoms with E-state index < -0.39 is 33.2 Å². The van der Waals surface area contributed by atoms with Crippen LogP contribution in [0, 0.1) is 0 Å². The van der Waals surface area contributed by atoms with Crippen molar-refractivity contribution in [2.45, 2.75) is 31.7 Å². The molecule has 0 aromatic heterocycles. The molecule has 0 aliphatic rings. The predicted molar refractivity (Wildman–Crippen MR) is 68.6 cm³/mol. The molecule has 0 aliphatic carbocycles. The van der Waals surface area contributed by atoms with Crippen molar-refractivity contribution in [3.05, 3.63) is 29.3 Å². The van der Waals surface area contributed by atoms with Gasteiger partial charge in [0, 0.05) is 11.8 Å². The largest absolute Gasteiger partial charge is 0.507 e. The molecule has 106 valence electrons. The molecule has 1 unspecified atom stereocenters. The number of halogens is 3. The van der Waals surface area contributed by atoms with E-state index in [4.69, 9.17) is 0 Å². The first-order valence-electron chi connectivity index (χ1n) is 5.38. The Bertz CT molecular complexity index is 519. The third-order valence-electron chi connectivity index (χ3n) is 2.18. The lowest BCUT2D eigenvalue weighted by Gasteiger charge is -2.13. The van der Waals surface area contributed by atoms with Crippen LogP contribution in [0.25, 0.3) is 0 Å². The zero-order valence-corrected chi connectivity index (χ0v) is 11.5. The van der Waals surface area contributed by atoms with Gasteiger partial charge in [-0.15, -0.1) is 0 Å². The van der Waals surface area contributed by atoms with E-state index in [1.165, 1.54) is 6.07 Å². The van der Waals surface area contributed by atoms with Crippen LogP contribution >= 0.6 is 0 Å². The first-order chi connectivity index (χ1) is 8.53. The van der Waals surface area contributed by atoms with Crippen molar-refractivity contribution in [1.29, 1.82) is 0 Å². The third-order valence-corrected chi connectivity index (χ3v) is 3.53. The summed E-state index contributed by atoms with van der Waals surface area (Å²) in [6.07, 6.45) is -3.65. The Morgan fingerprint density at radius 3 is 2.32 bits per heavy atom. The summed E-state index contributed by atoms with van der Waals surface area (Å²) in [7, 11) is -1.60. The topological polar surface area (TPSA) is 49.7 Å². The van der Waals surface area contributed by atoms with Gasteiger partial charge in [0.2, 0.25) is 0 Å². The molecule has 1 aromatic carbocycles. The molecular weight excluding hydrogens is 279 g/mol. The van der Waals surface area contributed by atoms with Gasteiger partial charge >= 0.3 is 6.18 Å². The molecule has 0 amide bonds. The zero-order chi connectivity index (χ0) is 14.8.